The lowest BCUT2D eigenvalue weighted by molar-refractivity contribution is -0.145. The molecule has 114 valence electrons. The predicted octanol–water partition coefficient (Wildman–Crippen LogP) is 0.523. The molecular weight excluding hydrogens is 282 g/mol. The Kier molecular flexibility index (Phi) is 4.36. The quantitative estimate of drug-likeness (QED) is 0.803. The highest BCUT2D eigenvalue weighted by atomic mass is 32.2. The van der Waals surface area contributed by atoms with Gasteiger partial charge in [0.1, 0.15) is 0 Å². The molecule has 0 aromatic rings. The molecule has 0 spiro atoms. The van der Waals surface area contributed by atoms with Gasteiger partial charge in [-0.15, -0.1) is 0 Å². The molecule has 1 saturated heterocycles. The van der Waals surface area contributed by atoms with Crippen molar-refractivity contribution in [3.8, 4) is 0 Å². The summed E-state index contributed by atoms with van der Waals surface area (Å²) in [6.07, 6.45) is 2.46. The van der Waals surface area contributed by atoms with E-state index in [0.29, 0.717) is 19.3 Å². The number of carbonyl (C=O) groups excluding carboxylic acids is 1. The largest absolute Gasteiger partial charge is 0.481 e. The molecule has 1 N–H and O–H groups in total. The highest BCUT2D eigenvalue weighted by Gasteiger charge is 2.37. The second kappa shape index (κ2) is 5.71. The summed E-state index contributed by atoms with van der Waals surface area (Å²) in [5, 5.41) is 9.06. The molecule has 1 amide bonds. The van der Waals surface area contributed by atoms with Gasteiger partial charge in [0.2, 0.25) is 5.91 Å². The summed E-state index contributed by atoms with van der Waals surface area (Å²) >= 11 is 0. The molecule has 1 saturated carbocycles. The number of carbonyl (C=O) groups is 2. The third kappa shape index (κ3) is 3.31. The number of carboxylic acid groups (broad SMARTS) is 1. The maximum absolute atomic E-state index is 12.5. The molecule has 1 aliphatic carbocycles. The first kappa shape index (κ1) is 15.3. The lowest BCUT2D eigenvalue weighted by atomic mass is 9.80. The number of aliphatic carboxylic acids is 1. The molecular formula is C13H21NO5S. The Hall–Kier alpha value is -1.11. The molecule has 2 rings (SSSR count). The summed E-state index contributed by atoms with van der Waals surface area (Å²) in [6, 6.07) is -0.313. The Morgan fingerprint density at radius 3 is 2.45 bits per heavy atom. The van der Waals surface area contributed by atoms with Crippen LogP contribution in [0.5, 0.6) is 0 Å². The molecule has 0 aromatic heterocycles. The van der Waals surface area contributed by atoms with E-state index in [4.69, 9.17) is 5.11 Å². The van der Waals surface area contributed by atoms with E-state index in [9.17, 15) is 18.0 Å². The van der Waals surface area contributed by atoms with Gasteiger partial charge in [-0.3, -0.25) is 9.59 Å². The minimum Gasteiger partial charge on any atom is -0.481 e. The van der Waals surface area contributed by atoms with Crippen molar-refractivity contribution in [2.24, 2.45) is 11.8 Å². The first-order chi connectivity index (χ1) is 9.30. The van der Waals surface area contributed by atoms with Crippen molar-refractivity contribution in [2.45, 2.75) is 38.6 Å². The van der Waals surface area contributed by atoms with Crippen LogP contribution in [0.25, 0.3) is 0 Å². The maximum atomic E-state index is 12.5. The van der Waals surface area contributed by atoms with Gasteiger partial charge in [0.25, 0.3) is 0 Å². The Bertz CT molecular complexity index is 501. The zero-order valence-electron chi connectivity index (χ0n) is 11.6. The fourth-order valence-corrected chi connectivity index (χ4v) is 4.76. The summed E-state index contributed by atoms with van der Waals surface area (Å²) in [5.41, 5.74) is 0. The number of sulfone groups is 1. The fourth-order valence-electron chi connectivity index (χ4n) is 3.20. The molecule has 3 atom stereocenters. The number of nitrogens with zero attached hydrogens (tertiary/aromatic N) is 1. The van der Waals surface area contributed by atoms with Crippen LogP contribution in [0.4, 0.5) is 0 Å². The van der Waals surface area contributed by atoms with E-state index in [1.807, 2.05) is 0 Å². The Morgan fingerprint density at radius 1 is 1.20 bits per heavy atom. The van der Waals surface area contributed by atoms with Crippen molar-refractivity contribution in [2.75, 3.05) is 18.1 Å². The Labute approximate surface area is 119 Å². The number of hydrogen-bond acceptors (Lipinski definition) is 4. The second-order valence-corrected chi connectivity index (χ2v) is 8.12. The van der Waals surface area contributed by atoms with E-state index >= 15 is 0 Å². The minimum atomic E-state index is -3.04. The fraction of sp³-hybridized carbons (Fsp3) is 0.846. The van der Waals surface area contributed by atoms with Crippen LogP contribution in [-0.2, 0) is 19.4 Å². The van der Waals surface area contributed by atoms with E-state index in [1.165, 1.54) is 0 Å². The summed E-state index contributed by atoms with van der Waals surface area (Å²) < 4.78 is 23.1. The molecule has 1 heterocycles. The van der Waals surface area contributed by atoms with Crippen molar-refractivity contribution in [1.82, 2.24) is 4.90 Å². The normalized spacial score (nSPS) is 33.6. The molecule has 6 nitrogen and oxygen atoms in total. The smallest absolute Gasteiger partial charge is 0.306 e. The van der Waals surface area contributed by atoms with Crippen LogP contribution >= 0.6 is 0 Å². The van der Waals surface area contributed by atoms with Gasteiger partial charge in [0, 0.05) is 18.5 Å². The molecule has 0 radical (unpaired) electrons. The van der Waals surface area contributed by atoms with Crippen LogP contribution in [0.3, 0.4) is 0 Å². The van der Waals surface area contributed by atoms with Crippen molar-refractivity contribution in [3.63, 3.8) is 0 Å². The lowest BCUT2D eigenvalue weighted by Crippen LogP contribution is -2.52. The average molecular weight is 303 g/mol. The Balaban J connectivity index is 2.02. The zero-order chi connectivity index (χ0) is 14.9. The standard InChI is InChI=1S/C13H21NO5S/c1-9-8-20(18,19)6-5-14(9)12(15)10-3-2-4-11(7-10)13(16)17/h9-11H,2-8H2,1H3,(H,16,17). The van der Waals surface area contributed by atoms with Crippen molar-refractivity contribution in [3.05, 3.63) is 0 Å². The molecule has 2 fully saturated rings. The zero-order valence-corrected chi connectivity index (χ0v) is 12.4. The van der Waals surface area contributed by atoms with Gasteiger partial charge >= 0.3 is 5.97 Å². The van der Waals surface area contributed by atoms with Crippen molar-refractivity contribution in [1.29, 1.82) is 0 Å². The summed E-state index contributed by atoms with van der Waals surface area (Å²) in [5.74, 6) is -1.60. The van der Waals surface area contributed by atoms with Gasteiger partial charge < -0.3 is 10.0 Å². The third-order valence-electron chi connectivity index (χ3n) is 4.33. The molecule has 7 heteroatoms. The molecule has 2 aliphatic rings. The molecule has 0 aromatic carbocycles. The molecule has 3 unspecified atom stereocenters. The monoisotopic (exact) mass is 303 g/mol. The average Bonchev–Trinajstić information content (AvgIpc) is 2.37. The van der Waals surface area contributed by atoms with Gasteiger partial charge in [-0.2, -0.15) is 0 Å². The first-order valence-corrected chi connectivity index (χ1v) is 8.86. The molecule has 1 aliphatic heterocycles. The van der Waals surface area contributed by atoms with Crippen LogP contribution in [0.1, 0.15) is 32.6 Å². The van der Waals surface area contributed by atoms with E-state index in [2.05, 4.69) is 0 Å². The minimum absolute atomic E-state index is 0.00776. The van der Waals surface area contributed by atoms with Crippen LogP contribution in [-0.4, -0.2) is 54.4 Å². The van der Waals surface area contributed by atoms with Crippen LogP contribution in [0, 0.1) is 11.8 Å². The van der Waals surface area contributed by atoms with E-state index in [1.54, 1.807) is 11.8 Å². The Morgan fingerprint density at radius 2 is 1.85 bits per heavy atom. The molecule has 0 bridgehead atoms. The highest BCUT2D eigenvalue weighted by molar-refractivity contribution is 7.91. The SMILES string of the molecule is CC1CS(=O)(=O)CCN1C(=O)C1CCCC(C(=O)O)C1. The maximum Gasteiger partial charge on any atom is 0.306 e. The predicted molar refractivity (Wildman–Crippen MR) is 72.9 cm³/mol. The van der Waals surface area contributed by atoms with Crippen LogP contribution < -0.4 is 0 Å². The van der Waals surface area contributed by atoms with Crippen molar-refractivity contribution < 1.29 is 23.1 Å². The van der Waals surface area contributed by atoms with Crippen molar-refractivity contribution >= 4 is 21.7 Å². The van der Waals surface area contributed by atoms with Gasteiger partial charge in [-0.1, -0.05) is 6.42 Å². The number of hydrogen-bond donors (Lipinski definition) is 1. The lowest BCUT2D eigenvalue weighted by Gasteiger charge is -2.37. The third-order valence-corrected chi connectivity index (χ3v) is 6.12. The second-order valence-electron chi connectivity index (χ2n) is 5.89. The van der Waals surface area contributed by atoms with E-state index < -0.39 is 21.7 Å². The van der Waals surface area contributed by atoms with Crippen LogP contribution in [0.15, 0.2) is 0 Å². The molecule has 20 heavy (non-hydrogen) atoms. The number of carboxylic acids is 1. The first-order valence-electron chi connectivity index (χ1n) is 7.04. The van der Waals surface area contributed by atoms with E-state index in [0.717, 1.165) is 6.42 Å². The topological polar surface area (TPSA) is 91.8 Å². The van der Waals surface area contributed by atoms with Gasteiger partial charge in [0.05, 0.1) is 17.4 Å². The highest BCUT2D eigenvalue weighted by Crippen LogP contribution is 2.31. The van der Waals surface area contributed by atoms with Gasteiger partial charge in [-0.25, -0.2) is 8.42 Å². The summed E-state index contributed by atoms with van der Waals surface area (Å²) in [4.78, 5) is 25.1. The number of amides is 1. The van der Waals surface area contributed by atoms with Crippen LogP contribution in [0.2, 0.25) is 0 Å². The summed E-state index contributed by atoms with van der Waals surface area (Å²) in [6.45, 7) is 1.97. The van der Waals surface area contributed by atoms with Gasteiger partial charge in [0.15, 0.2) is 9.84 Å². The summed E-state index contributed by atoms with van der Waals surface area (Å²) in [7, 11) is -3.04. The number of rotatable bonds is 2. The van der Waals surface area contributed by atoms with Gasteiger partial charge in [-0.05, 0) is 26.2 Å². The van der Waals surface area contributed by atoms with E-state index in [-0.39, 0.29) is 35.9 Å².